The zero-order chi connectivity index (χ0) is 6.62. The van der Waals surface area contributed by atoms with Crippen LogP contribution in [0, 0.1) is 11.5 Å². The topological polar surface area (TPSA) is 33.0 Å². The first kappa shape index (κ1) is 7.51. The van der Waals surface area contributed by atoms with Gasteiger partial charge in [0.2, 0.25) is 0 Å². The summed E-state index contributed by atoms with van der Waals surface area (Å²) >= 11 is 0. The van der Waals surface area contributed by atoms with Crippen molar-refractivity contribution in [2.75, 3.05) is 6.23 Å². The average Bonchev–Trinajstić information content (AvgIpc) is 1.59. The molecular formula is C5H11NOSi. The Labute approximate surface area is 51.1 Å². The van der Waals surface area contributed by atoms with Crippen LogP contribution in [0.3, 0.4) is 0 Å². The van der Waals surface area contributed by atoms with Gasteiger partial charge in [0.1, 0.15) is 0 Å². The van der Waals surface area contributed by atoms with Crippen molar-refractivity contribution in [1.82, 2.24) is 0 Å². The fourth-order valence-corrected chi connectivity index (χ4v) is 0.746. The minimum Gasteiger partial charge on any atom is -0.431 e. The maximum atomic E-state index is 7.98. The van der Waals surface area contributed by atoms with Crippen molar-refractivity contribution < 1.29 is 4.74 Å². The molecule has 3 heteroatoms. The first-order chi connectivity index (χ1) is 3.56. The molecule has 0 aromatic heterocycles. The monoisotopic (exact) mass is 129 g/mol. The van der Waals surface area contributed by atoms with Crippen molar-refractivity contribution in [3.8, 4) is 6.26 Å². The van der Waals surface area contributed by atoms with Crippen molar-refractivity contribution in [2.24, 2.45) is 0 Å². The first-order valence-corrected chi connectivity index (χ1v) is 6.28. The van der Waals surface area contributed by atoms with Crippen LogP contribution in [0.25, 0.3) is 0 Å². The molecule has 0 atom stereocenters. The van der Waals surface area contributed by atoms with E-state index in [4.69, 9.17) is 5.26 Å². The molecule has 0 aromatic carbocycles. The SMILES string of the molecule is C[Si](C)(C)COC#N. The summed E-state index contributed by atoms with van der Waals surface area (Å²) < 4.78 is 4.57. The van der Waals surface area contributed by atoms with E-state index in [1.807, 2.05) is 0 Å². The summed E-state index contributed by atoms with van der Waals surface area (Å²) in [5, 5.41) is 7.98. The lowest BCUT2D eigenvalue weighted by molar-refractivity contribution is 0.327. The predicted octanol–water partition coefficient (Wildman–Crippen LogP) is 1.36. The highest BCUT2D eigenvalue weighted by Crippen LogP contribution is 1.98. The second-order valence-electron chi connectivity index (χ2n) is 2.94. The summed E-state index contributed by atoms with van der Waals surface area (Å²) in [7, 11) is -1.12. The Bertz CT molecular complexity index is 100.0. The van der Waals surface area contributed by atoms with E-state index in [0.29, 0.717) is 6.23 Å². The zero-order valence-corrected chi connectivity index (χ0v) is 6.56. The molecule has 0 aliphatic heterocycles. The number of hydrogen-bond donors (Lipinski definition) is 0. The van der Waals surface area contributed by atoms with E-state index in [-0.39, 0.29) is 0 Å². The fourth-order valence-electron chi connectivity index (χ4n) is 0.249. The van der Waals surface area contributed by atoms with Crippen LogP contribution >= 0.6 is 0 Å². The standard InChI is InChI=1S/C5H11NOSi/c1-8(2,3)5-7-4-6/h5H2,1-3H3. The normalized spacial score (nSPS) is 10.2. The van der Waals surface area contributed by atoms with Gasteiger partial charge in [-0.05, 0) is 0 Å². The summed E-state index contributed by atoms with van der Waals surface area (Å²) in [5.74, 6) is 0. The molecule has 0 saturated heterocycles. The Balaban J connectivity index is 3.28. The van der Waals surface area contributed by atoms with Crippen LogP contribution in [0.5, 0.6) is 0 Å². The average molecular weight is 129 g/mol. The summed E-state index contributed by atoms with van der Waals surface area (Å²) in [5.41, 5.74) is 0. The Morgan fingerprint density at radius 1 is 1.50 bits per heavy atom. The molecule has 0 heterocycles. The third-order valence-corrected chi connectivity index (χ3v) is 1.58. The lowest BCUT2D eigenvalue weighted by atomic mass is 11.5. The minimum absolute atomic E-state index is 0.642. The number of hydrogen-bond acceptors (Lipinski definition) is 2. The Hall–Kier alpha value is -0.493. The fraction of sp³-hybridized carbons (Fsp3) is 0.800. The van der Waals surface area contributed by atoms with Gasteiger partial charge in [-0.1, -0.05) is 19.6 Å². The van der Waals surface area contributed by atoms with Gasteiger partial charge in [0.25, 0.3) is 6.26 Å². The van der Waals surface area contributed by atoms with E-state index in [0.717, 1.165) is 0 Å². The molecule has 0 rings (SSSR count). The molecule has 2 nitrogen and oxygen atoms in total. The second-order valence-corrected chi connectivity index (χ2v) is 8.35. The van der Waals surface area contributed by atoms with Gasteiger partial charge < -0.3 is 4.74 Å². The summed E-state index contributed by atoms with van der Waals surface area (Å²) in [6.45, 7) is 6.47. The van der Waals surface area contributed by atoms with Crippen LogP contribution in [0.2, 0.25) is 19.6 Å². The molecule has 0 saturated carbocycles. The third kappa shape index (κ3) is 5.51. The van der Waals surface area contributed by atoms with E-state index in [2.05, 4.69) is 24.4 Å². The zero-order valence-electron chi connectivity index (χ0n) is 5.56. The molecule has 0 aliphatic rings. The summed E-state index contributed by atoms with van der Waals surface area (Å²) in [4.78, 5) is 0. The van der Waals surface area contributed by atoms with Gasteiger partial charge in [0.05, 0.1) is 14.3 Å². The van der Waals surface area contributed by atoms with Crippen LogP contribution in [0.15, 0.2) is 0 Å². The van der Waals surface area contributed by atoms with Crippen molar-refractivity contribution in [3.05, 3.63) is 0 Å². The van der Waals surface area contributed by atoms with Gasteiger partial charge in [0.15, 0.2) is 0 Å². The molecule has 0 spiro atoms. The highest BCUT2D eigenvalue weighted by Gasteiger charge is 2.12. The Morgan fingerprint density at radius 2 is 2.00 bits per heavy atom. The Kier molecular flexibility index (Phi) is 2.56. The van der Waals surface area contributed by atoms with Gasteiger partial charge in [-0.15, -0.1) is 0 Å². The van der Waals surface area contributed by atoms with Gasteiger partial charge >= 0.3 is 0 Å². The summed E-state index contributed by atoms with van der Waals surface area (Å²) in [6, 6.07) is 0. The van der Waals surface area contributed by atoms with Crippen LogP contribution in [0.1, 0.15) is 0 Å². The molecule has 0 aliphatic carbocycles. The predicted molar refractivity (Wildman–Crippen MR) is 34.9 cm³/mol. The first-order valence-electron chi connectivity index (χ1n) is 2.57. The van der Waals surface area contributed by atoms with E-state index < -0.39 is 8.07 Å². The van der Waals surface area contributed by atoms with Gasteiger partial charge in [0, 0.05) is 0 Å². The van der Waals surface area contributed by atoms with E-state index in [1.165, 1.54) is 0 Å². The van der Waals surface area contributed by atoms with Crippen molar-refractivity contribution in [2.45, 2.75) is 19.6 Å². The van der Waals surface area contributed by atoms with Gasteiger partial charge in [-0.25, -0.2) is 0 Å². The molecule has 46 valence electrons. The smallest absolute Gasteiger partial charge is 0.285 e. The number of nitriles is 1. The lowest BCUT2D eigenvalue weighted by Gasteiger charge is -2.10. The quantitative estimate of drug-likeness (QED) is 0.416. The molecular weight excluding hydrogens is 118 g/mol. The second kappa shape index (κ2) is 2.73. The maximum absolute atomic E-state index is 7.98. The molecule has 0 unspecified atom stereocenters. The van der Waals surface area contributed by atoms with Crippen molar-refractivity contribution >= 4 is 8.07 Å². The molecule has 0 radical (unpaired) electrons. The van der Waals surface area contributed by atoms with Crippen LogP contribution < -0.4 is 0 Å². The number of ether oxygens (including phenoxy) is 1. The molecule has 0 fully saturated rings. The highest BCUT2D eigenvalue weighted by molar-refractivity contribution is 6.76. The van der Waals surface area contributed by atoms with Gasteiger partial charge in [-0.2, -0.15) is 5.26 Å². The van der Waals surface area contributed by atoms with E-state index >= 15 is 0 Å². The van der Waals surface area contributed by atoms with Crippen molar-refractivity contribution in [3.63, 3.8) is 0 Å². The van der Waals surface area contributed by atoms with E-state index in [9.17, 15) is 0 Å². The van der Waals surface area contributed by atoms with Crippen LogP contribution in [-0.4, -0.2) is 14.3 Å². The van der Waals surface area contributed by atoms with E-state index in [1.54, 1.807) is 6.26 Å². The molecule has 0 aromatic rings. The molecule has 0 amide bonds. The minimum atomic E-state index is -1.12. The highest BCUT2D eigenvalue weighted by atomic mass is 28.3. The Morgan fingerprint density at radius 3 is 2.12 bits per heavy atom. The van der Waals surface area contributed by atoms with Crippen molar-refractivity contribution in [1.29, 1.82) is 5.26 Å². The van der Waals surface area contributed by atoms with Crippen LogP contribution in [-0.2, 0) is 4.74 Å². The molecule has 0 bridgehead atoms. The lowest BCUT2D eigenvalue weighted by Crippen LogP contribution is -2.26. The number of nitrogens with zero attached hydrogens (tertiary/aromatic N) is 1. The largest absolute Gasteiger partial charge is 0.431 e. The molecule has 0 N–H and O–H groups in total. The van der Waals surface area contributed by atoms with Gasteiger partial charge in [-0.3, -0.25) is 0 Å². The molecule has 8 heavy (non-hydrogen) atoms. The van der Waals surface area contributed by atoms with Crippen LogP contribution in [0.4, 0.5) is 0 Å². The maximum Gasteiger partial charge on any atom is 0.285 e. The third-order valence-electron chi connectivity index (χ3n) is 0.570. The number of rotatable bonds is 2. The summed E-state index contributed by atoms with van der Waals surface area (Å²) in [6.07, 6.45) is 2.30.